The van der Waals surface area contributed by atoms with Crippen molar-refractivity contribution in [1.29, 1.82) is 0 Å². The third-order valence-corrected chi connectivity index (χ3v) is 5.99. The van der Waals surface area contributed by atoms with Gasteiger partial charge in [-0.2, -0.15) is 0 Å². The third kappa shape index (κ3) is 5.01. The van der Waals surface area contributed by atoms with Gasteiger partial charge in [0.2, 0.25) is 5.91 Å². The largest absolute Gasteiger partial charge is 0.352 e. The van der Waals surface area contributed by atoms with Crippen LogP contribution in [0.5, 0.6) is 0 Å². The first kappa shape index (κ1) is 16.9. The fraction of sp³-hybridized carbons (Fsp3) is 0.778. The van der Waals surface area contributed by atoms with Crippen LogP contribution < -0.4 is 5.32 Å². The number of hydrogen-bond acceptors (Lipinski definition) is 4. The molecule has 1 aromatic heterocycles. The normalized spacial score (nSPS) is 24.3. The average molecular weight is 336 g/mol. The van der Waals surface area contributed by atoms with E-state index in [9.17, 15) is 4.79 Å². The Bertz CT molecular complexity index is 508. The Kier molecular flexibility index (Phi) is 6.06. The van der Waals surface area contributed by atoms with Crippen molar-refractivity contribution in [2.45, 2.75) is 76.8 Å². The van der Waals surface area contributed by atoms with E-state index in [1.165, 1.54) is 51.5 Å². The fourth-order valence-corrected chi connectivity index (χ4v) is 4.62. The lowest BCUT2D eigenvalue weighted by Gasteiger charge is -2.38. The topological polar surface area (TPSA) is 45.2 Å². The van der Waals surface area contributed by atoms with Gasteiger partial charge in [-0.3, -0.25) is 9.69 Å². The number of carbonyl (C=O) groups excluding carboxylic acids is 1. The second-order valence-electron chi connectivity index (χ2n) is 7.08. The van der Waals surface area contributed by atoms with Gasteiger partial charge in [0.15, 0.2) is 0 Å². The maximum Gasteiger partial charge on any atom is 0.226 e. The highest BCUT2D eigenvalue weighted by atomic mass is 32.1. The summed E-state index contributed by atoms with van der Waals surface area (Å²) in [5, 5.41) is 6.27. The summed E-state index contributed by atoms with van der Waals surface area (Å²) in [5.74, 6) is 0.128. The van der Waals surface area contributed by atoms with E-state index in [0.29, 0.717) is 12.5 Å². The first-order chi connectivity index (χ1) is 11.2. The molecule has 2 aliphatic rings. The van der Waals surface area contributed by atoms with E-state index >= 15 is 0 Å². The molecule has 0 spiro atoms. The first-order valence-corrected chi connectivity index (χ1v) is 10.0. The van der Waals surface area contributed by atoms with E-state index in [1.807, 2.05) is 12.3 Å². The van der Waals surface area contributed by atoms with E-state index < -0.39 is 0 Å². The van der Waals surface area contributed by atoms with Crippen LogP contribution in [-0.2, 0) is 11.2 Å². The van der Waals surface area contributed by atoms with Crippen LogP contribution in [-0.4, -0.2) is 41.0 Å². The molecule has 1 saturated carbocycles. The molecular weight excluding hydrogens is 306 g/mol. The van der Waals surface area contributed by atoms with Crippen LogP contribution >= 0.6 is 11.3 Å². The summed E-state index contributed by atoms with van der Waals surface area (Å²) in [4.78, 5) is 19.3. The highest BCUT2D eigenvalue weighted by molar-refractivity contribution is 7.09. The van der Waals surface area contributed by atoms with Crippen molar-refractivity contribution in [2.75, 3.05) is 13.1 Å². The molecule has 4 nitrogen and oxygen atoms in total. The Hall–Kier alpha value is -0.940. The second kappa shape index (κ2) is 8.25. The van der Waals surface area contributed by atoms with Gasteiger partial charge in [0.1, 0.15) is 0 Å². The molecule has 0 radical (unpaired) electrons. The van der Waals surface area contributed by atoms with Crippen molar-refractivity contribution < 1.29 is 4.79 Å². The molecule has 0 bridgehead atoms. The lowest BCUT2D eigenvalue weighted by molar-refractivity contribution is -0.121. The standard InChI is InChI=1S/C18H29N3OS/c1-14-19-16(13-23-14)11-18(22)20-15-7-6-10-21(12-15)17-8-4-2-3-5-9-17/h13,15,17H,2-12H2,1H3,(H,20,22). The van der Waals surface area contributed by atoms with Crippen LogP contribution in [0.3, 0.4) is 0 Å². The molecule has 3 rings (SSSR count). The number of carbonyl (C=O) groups is 1. The highest BCUT2D eigenvalue weighted by Gasteiger charge is 2.27. The molecule has 5 heteroatoms. The van der Waals surface area contributed by atoms with Crippen LogP contribution in [0, 0.1) is 6.92 Å². The van der Waals surface area contributed by atoms with Crippen molar-refractivity contribution in [1.82, 2.24) is 15.2 Å². The molecule has 1 unspecified atom stereocenters. The molecule has 1 N–H and O–H groups in total. The molecule has 1 aliphatic carbocycles. The predicted molar refractivity (Wildman–Crippen MR) is 94.8 cm³/mol. The summed E-state index contributed by atoms with van der Waals surface area (Å²) in [6, 6.07) is 1.07. The van der Waals surface area contributed by atoms with E-state index in [2.05, 4.69) is 15.2 Å². The monoisotopic (exact) mass is 335 g/mol. The molecule has 23 heavy (non-hydrogen) atoms. The third-order valence-electron chi connectivity index (χ3n) is 5.17. The molecule has 0 aromatic carbocycles. The Morgan fingerprint density at radius 3 is 2.74 bits per heavy atom. The van der Waals surface area contributed by atoms with Crippen molar-refractivity contribution in [2.24, 2.45) is 0 Å². The molecule has 1 amide bonds. The number of aromatic nitrogens is 1. The quantitative estimate of drug-likeness (QED) is 0.859. The number of rotatable bonds is 4. The maximum atomic E-state index is 12.3. The minimum atomic E-state index is 0.128. The zero-order valence-electron chi connectivity index (χ0n) is 14.2. The number of nitrogens with zero attached hydrogens (tertiary/aromatic N) is 2. The second-order valence-corrected chi connectivity index (χ2v) is 8.14. The van der Waals surface area contributed by atoms with Gasteiger partial charge in [0, 0.05) is 24.0 Å². The number of hydrogen-bond donors (Lipinski definition) is 1. The van der Waals surface area contributed by atoms with Gasteiger partial charge in [-0.25, -0.2) is 4.98 Å². The summed E-state index contributed by atoms with van der Waals surface area (Å²) in [5.41, 5.74) is 0.904. The minimum Gasteiger partial charge on any atom is -0.352 e. The zero-order chi connectivity index (χ0) is 16.1. The van der Waals surface area contributed by atoms with E-state index in [0.717, 1.165) is 29.7 Å². The summed E-state index contributed by atoms with van der Waals surface area (Å²) in [7, 11) is 0. The molecule has 2 fully saturated rings. The molecule has 128 valence electrons. The summed E-state index contributed by atoms with van der Waals surface area (Å²) in [6.07, 6.45) is 11.0. The zero-order valence-corrected chi connectivity index (χ0v) is 15.0. The van der Waals surface area contributed by atoms with Crippen molar-refractivity contribution in [3.8, 4) is 0 Å². The Labute approximate surface area is 143 Å². The number of likely N-dealkylation sites (tertiary alicyclic amines) is 1. The molecule has 1 atom stereocenters. The predicted octanol–water partition coefficient (Wildman–Crippen LogP) is 3.30. The van der Waals surface area contributed by atoms with E-state index in [4.69, 9.17) is 0 Å². The highest BCUT2D eigenvalue weighted by Crippen LogP contribution is 2.24. The van der Waals surface area contributed by atoms with Gasteiger partial charge in [-0.05, 0) is 39.2 Å². The molecular formula is C18H29N3OS. The average Bonchev–Trinajstić information content (AvgIpc) is 2.78. The number of nitrogens with one attached hydrogen (secondary N) is 1. The van der Waals surface area contributed by atoms with Crippen molar-refractivity contribution >= 4 is 17.2 Å². The van der Waals surface area contributed by atoms with Gasteiger partial charge in [-0.15, -0.1) is 11.3 Å². The van der Waals surface area contributed by atoms with E-state index in [-0.39, 0.29) is 5.91 Å². The summed E-state index contributed by atoms with van der Waals surface area (Å²) in [6.45, 7) is 4.23. The first-order valence-electron chi connectivity index (χ1n) is 9.15. The van der Waals surface area contributed by atoms with Gasteiger partial charge >= 0.3 is 0 Å². The molecule has 1 aromatic rings. The molecule has 1 saturated heterocycles. The fourth-order valence-electron chi connectivity index (χ4n) is 4.01. The van der Waals surface area contributed by atoms with Crippen LogP contribution in [0.4, 0.5) is 0 Å². The maximum absolute atomic E-state index is 12.3. The van der Waals surface area contributed by atoms with Gasteiger partial charge in [0.25, 0.3) is 0 Å². The van der Waals surface area contributed by atoms with Gasteiger partial charge in [-0.1, -0.05) is 25.7 Å². The molecule has 2 heterocycles. The van der Waals surface area contributed by atoms with Crippen LogP contribution in [0.2, 0.25) is 0 Å². The van der Waals surface area contributed by atoms with E-state index in [1.54, 1.807) is 11.3 Å². The summed E-state index contributed by atoms with van der Waals surface area (Å²) < 4.78 is 0. The number of aryl methyl sites for hydroxylation is 1. The molecule has 1 aliphatic heterocycles. The number of piperidine rings is 1. The van der Waals surface area contributed by atoms with Crippen LogP contribution in [0.25, 0.3) is 0 Å². The smallest absolute Gasteiger partial charge is 0.226 e. The van der Waals surface area contributed by atoms with Gasteiger partial charge in [0.05, 0.1) is 17.1 Å². The summed E-state index contributed by atoms with van der Waals surface area (Å²) >= 11 is 1.61. The Morgan fingerprint density at radius 1 is 1.26 bits per heavy atom. The van der Waals surface area contributed by atoms with Crippen LogP contribution in [0.1, 0.15) is 62.1 Å². The number of amides is 1. The lowest BCUT2D eigenvalue weighted by atomic mass is 10.00. The SMILES string of the molecule is Cc1nc(CC(=O)NC2CCCN(C3CCCCCC3)C2)cs1. The Morgan fingerprint density at radius 2 is 2.04 bits per heavy atom. The van der Waals surface area contributed by atoms with Crippen LogP contribution in [0.15, 0.2) is 5.38 Å². The Balaban J connectivity index is 1.48. The number of thiazole rings is 1. The van der Waals surface area contributed by atoms with Gasteiger partial charge < -0.3 is 5.32 Å². The van der Waals surface area contributed by atoms with Crippen molar-refractivity contribution in [3.63, 3.8) is 0 Å². The lowest BCUT2D eigenvalue weighted by Crippen LogP contribution is -2.51. The minimum absolute atomic E-state index is 0.128. The van der Waals surface area contributed by atoms with Crippen molar-refractivity contribution in [3.05, 3.63) is 16.1 Å².